The number of halogens is 2. The second kappa shape index (κ2) is 7.61. The summed E-state index contributed by atoms with van der Waals surface area (Å²) in [5.41, 5.74) is 2.43. The highest BCUT2D eigenvalue weighted by Crippen LogP contribution is 2.39. The molecule has 0 unspecified atom stereocenters. The van der Waals surface area contributed by atoms with Crippen LogP contribution in [0.1, 0.15) is 35.4 Å². The Morgan fingerprint density at radius 2 is 1.96 bits per heavy atom. The van der Waals surface area contributed by atoms with E-state index in [1.807, 2.05) is 24.3 Å². The van der Waals surface area contributed by atoms with Crippen LogP contribution >= 0.6 is 15.9 Å². The maximum Gasteiger partial charge on any atom is 0.213 e. The van der Waals surface area contributed by atoms with Gasteiger partial charge in [-0.2, -0.15) is 4.99 Å². The number of hydrogen-bond acceptors (Lipinski definition) is 3. The number of hydrogen-bond donors (Lipinski definition) is 2. The average Bonchev–Trinajstić information content (AvgIpc) is 3.43. The maximum absolute atomic E-state index is 13.7. The first-order chi connectivity index (χ1) is 12.1. The van der Waals surface area contributed by atoms with Gasteiger partial charge < -0.3 is 10.4 Å². The molecule has 0 saturated heterocycles. The molecule has 0 radical (unpaired) electrons. The molecule has 6 heteroatoms. The van der Waals surface area contributed by atoms with Gasteiger partial charge in [-0.1, -0.05) is 24.3 Å². The average molecular weight is 403 g/mol. The van der Waals surface area contributed by atoms with E-state index in [2.05, 4.69) is 26.2 Å². The van der Waals surface area contributed by atoms with Crippen LogP contribution in [0.15, 0.2) is 57.8 Å². The lowest BCUT2D eigenvalue weighted by atomic mass is 10.1. The van der Waals surface area contributed by atoms with Crippen LogP contribution in [0.3, 0.4) is 0 Å². The van der Waals surface area contributed by atoms with Gasteiger partial charge in [-0.3, -0.25) is 4.79 Å². The van der Waals surface area contributed by atoms with Gasteiger partial charge in [0.05, 0.1) is 4.47 Å². The number of rotatable bonds is 5. The van der Waals surface area contributed by atoms with Gasteiger partial charge in [0.25, 0.3) is 0 Å². The minimum absolute atomic E-state index is 0.0600. The van der Waals surface area contributed by atoms with Crippen LogP contribution in [0.5, 0.6) is 0 Å². The Kier molecular flexibility index (Phi) is 5.28. The summed E-state index contributed by atoms with van der Waals surface area (Å²) in [5, 5.41) is 12.5. The van der Waals surface area contributed by atoms with E-state index in [0.717, 1.165) is 5.56 Å². The number of carbonyl (C=O) groups excluding carboxylic acids is 1. The first-order valence-corrected chi connectivity index (χ1v) is 8.61. The van der Waals surface area contributed by atoms with Crippen molar-refractivity contribution in [3.8, 4) is 0 Å². The van der Waals surface area contributed by atoms with Crippen molar-refractivity contribution in [3.05, 3.63) is 75.3 Å². The number of amidine groups is 1. The topological polar surface area (TPSA) is 61.7 Å². The van der Waals surface area contributed by atoms with Crippen molar-refractivity contribution < 1.29 is 14.3 Å². The summed E-state index contributed by atoms with van der Waals surface area (Å²) in [6.07, 6.45) is 4.37. The standard InChI is InChI=1S/C19H16BrFN2O2/c20-16-8-7-15(10-17(16)21)19(22-11-24)23-18(25)9-12-1-3-13(4-2-12)14-5-6-14/h1-4,7-11,14,25H,5-6H2,(H,22,23,24)/b18-9+. The van der Waals surface area contributed by atoms with Gasteiger partial charge in [0.1, 0.15) is 11.7 Å². The Bertz CT molecular complexity index is 843. The number of amides is 1. The number of nitrogens with zero attached hydrogens (tertiary/aromatic N) is 1. The van der Waals surface area contributed by atoms with E-state index in [1.165, 1.54) is 36.6 Å². The molecule has 0 aromatic heterocycles. The molecule has 0 atom stereocenters. The predicted molar refractivity (Wildman–Crippen MR) is 98.9 cm³/mol. The summed E-state index contributed by atoms with van der Waals surface area (Å²) in [5.74, 6) is -0.0472. The first kappa shape index (κ1) is 17.4. The fourth-order valence-corrected chi connectivity index (χ4v) is 2.70. The van der Waals surface area contributed by atoms with Crippen molar-refractivity contribution in [1.82, 2.24) is 5.32 Å². The van der Waals surface area contributed by atoms with Crippen LogP contribution in [-0.2, 0) is 4.79 Å². The van der Waals surface area contributed by atoms with Gasteiger partial charge in [0.2, 0.25) is 12.3 Å². The quantitative estimate of drug-likeness (QED) is 0.334. The van der Waals surface area contributed by atoms with E-state index in [4.69, 9.17) is 0 Å². The lowest BCUT2D eigenvalue weighted by molar-refractivity contribution is -0.108. The molecule has 1 amide bonds. The highest BCUT2D eigenvalue weighted by molar-refractivity contribution is 9.10. The number of benzene rings is 2. The molecule has 1 aliphatic carbocycles. The van der Waals surface area contributed by atoms with Crippen molar-refractivity contribution in [3.63, 3.8) is 0 Å². The molecular formula is C19H16BrFN2O2. The van der Waals surface area contributed by atoms with Crippen LogP contribution in [0.25, 0.3) is 6.08 Å². The molecule has 1 fully saturated rings. The lowest BCUT2D eigenvalue weighted by Crippen LogP contribution is -2.23. The number of carbonyl (C=O) groups is 1. The van der Waals surface area contributed by atoms with Crippen molar-refractivity contribution >= 4 is 34.3 Å². The zero-order valence-corrected chi connectivity index (χ0v) is 14.8. The molecule has 1 saturated carbocycles. The molecule has 4 nitrogen and oxygen atoms in total. The van der Waals surface area contributed by atoms with E-state index in [-0.39, 0.29) is 11.7 Å². The van der Waals surface area contributed by atoms with E-state index < -0.39 is 5.82 Å². The first-order valence-electron chi connectivity index (χ1n) is 7.82. The van der Waals surface area contributed by atoms with Crippen molar-refractivity contribution in [2.45, 2.75) is 18.8 Å². The third-order valence-corrected chi connectivity index (χ3v) is 4.54. The van der Waals surface area contributed by atoms with E-state index in [1.54, 1.807) is 6.07 Å². The molecule has 0 bridgehead atoms. The summed E-state index contributed by atoms with van der Waals surface area (Å²) >= 11 is 3.07. The van der Waals surface area contributed by atoms with Crippen LogP contribution in [-0.4, -0.2) is 17.4 Å². The molecular weight excluding hydrogens is 387 g/mol. The van der Waals surface area contributed by atoms with Crippen LogP contribution in [0.4, 0.5) is 4.39 Å². The summed E-state index contributed by atoms with van der Waals surface area (Å²) in [6, 6.07) is 12.2. The highest BCUT2D eigenvalue weighted by Gasteiger charge is 2.22. The van der Waals surface area contributed by atoms with Crippen molar-refractivity contribution in [1.29, 1.82) is 0 Å². The minimum Gasteiger partial charge on any atom is -0.493 e. The molecule has 25 heavy (non-hydrogen) atoms. The second-order valence-electron chi connectivity index (χ2n) is 5.79. The third-order valence-electron chi connectivity index (χ3n) is 3.90. The Morgan fingerprint density at radius 3 is 2.56 bits per heavy atom. The van der Waals surface area contributed by atoms with E-state index >= 15 is 0 Å². The van der Waals surface area contributed by atoms with Gasteiger partial charge >= 0.3 is 0 Å². The van der Waals surface area contributed by atoms with Crippen molar-refractivity contribution in [2.75, 3.05) is 0 Å². The maximum atomic E-state index is 13.7. The van der Waals surface area contributed by atoms with Gasteiger partial charge in [-0.25, -0.2) is 4.39 Å². The Hall–Kier alpha value is -2.47. The molecule has 2 N–H and O–H groups in total. The highest BCUT2D eigenvalue weighted by atomic mass is 79.9. The van der Waals surface area contributed by atoms with Gasteiger partial charge in [-0.05, 0) is 64.0 Å². The largest absolute Gasteiger partial charge is 0.493 e. The summed E-state index contributed by atoms with van der Waals surface area (Å²) < 4.78 is 14.0. The number of aliphatic imine (C=N–C) groups is 1. The molecule has 0 heterocycles. The van der Waals surface area contributed by atoms with E-state index in [0.29, 0.717) is 22.4 Å². The fraction of sp³-hybridized carbons (Fsp3) is 0.158. The monoisotopic (exact) mass is 402 g/mol. The Labute approximate surface area is 153 Å². The molecule has 128 valence electrons. The normalized spacial score (nSPS) is 15.1. The SMILES string of the molecule is O=CN/C(=N\C(O)=C/c1ccc(C2CC2)cc1)c1ccc(Br)c(F)c1. The third kappa shape index (κ3) is 4.54. The summed E-state index contributed by atoms with van der Waals surface area (Å²) in [7, 11) is 0. The number of nitrogens with one attached hydrogen (secondary N) is 1. The minimum atomic E-state index is -0.489. The van der Waals surface area contributed by atoms with Crippen LogP contribution in [0, 0.1) is 5.82 Å². The molecule has 2 aromatic carbocycles. The smallest absolute Gasteiger partial charge is 0.213 e. The van der Waals surface area contributed by atoms with Crippen molar-refractivity contribution in [2.24, 2.45) is 4.99 Å². The van der Waals surface area contributed by atoms with Crippen LogP contribution < -0.4 is 5.32 Å². The van der Waals surface area contributed by atoms with Gasteiger partial charge in [0.15, 0.2) is 0 Å². The zero-order chi connectivity index (χ0) is 17.8. The van der Waals surface area contributed by atoms with E-state index in [9.17, 15) is 14.3 Å². The van der Waals surface area contributed by atoms with Gasteiger partial charge in [0, 0.05) is 11.6 Å². The Balaban J connectivity index is 1.84. The number of aliphatic hydroxyl groups is 1. The molecule has 1 aliphatic rings. The van der Waals surface area contributed by atoms with Crippen LogP contribution in [0.2, 0.25) is 0 Å². The second-order valence-corrected chi connectivity index (χ2v) is 6.65. The summed E-state index contributed by atoms with van der Waals surface area (Å²) in [6.45, 7) is 0. The summed E-state index contributed by atoms with van der Waals surface area (Å²) in [4.78, 5) is 14.8. The molecule has 2 aromatic rings. The predicted octanol–water partition coefficient (Wildman–Crippen LogP) is 4.51. The molecule has 3 rings (SSSR count). The Morgan fingerprint density at radius 1 is 1.24 bits per heavy atom. The lowest BCUT2D eigenvalue weighted by Gasteiger charge is -2.06. The zero-order valence-electron chi connectivity index (χ0n) is 13.2. The fourth-order valence-electron chi connectivity index (χ4n) is 2.46. The molecule has 0 aliphatic heterocycles. The molecule has 0 spiro atoms. The van der Waals surface area contributed by atoms with Gasteiger partial charge in [-0.15, -0.1) is 0 Å². The number of aliphatic hydroxyl groups excluding tert-OH is 1.